The number of piperidine rings is 1. The molecule has 2 bridgehead atoms. The van der Waals surface area contributed by atoms with Gasteiger partial charge in [-0.05, 0) is 25.7 Å². The zero-order chi connectivity index (χ0) is 15.1. The van der Waals surface area contributed by atoms with Gasteiger partial charge in [-0.3, -0.25) is 4.79 Å². The minimum Gasteiger partial charge on any atom is -0.396 e. The maximum Gasteiger partial charge on any atom is 0.174 e. The number of anilines is 2. The Hall–Kier alpha value is -1.58. The molecule has 3 N–H and O–H groups in total. The van der Waals surface area contributed by atoms with Gasteiger partial charge < -0.3 is 15.7 Å². The number of rotatable bonds is 3. The van der Waals surface area contributed by atoms with Crippen molar-refractivity contribution in [3.05, 3.63) is 10.4 Å². The molecule has 2 aliphatic rings. The molecule has 5 nitrogen and oxygen atoms in total. The monoisotopic (exact) mass is 305 g/mol. The molecule has 3 rings (SSSR count). The number of nitrogens with two attached hydrogens (primary N) is 1. The van der Waals surface area contributed by atoms with Crippen LogP contribution in [0.5, 0.6) is 0 Å². The molecule has 112 valence electrons. The fourth-order valence-electron chi connectivity index (χ4n) is 3.57. The van der Waals surface area contributed by atoms with E-state index in [2.05, 4.69) is 11.0 Å². The summed E-state index contributed by atoms with van der Waals surface area (Å²) in [5, 5.41) is 20.2. The van der Waals surface area contributed by atoms with Gasteiger partial charge in [0.25, 0.3) is 0 Å². The Bertz CT molecular complexity index is 605. The molecule has 0 aromatic carbocycles. The third-order valence-electron chi connectivity index (χ3n) is 4.56. The van der Waals surface area contributed by atoms with Crippen LogP contribution in [-0.4, -0.2) is 29.1 Å². The number of hydrogen-bond donors (Lipinski definition) is 2. The zero-order valence-electron chi connectivity index (χ0n) is 12.0. The van der Waals surface area contributed by atoms with Gasteiger partial charge in [0.05, 0.1) is 16.7 Å². The lowest BCUT2D eigenvalue weighted by Crippen LogP contribution is -2.44. The first-order valence-electron chi connectivity index (χ1n) is 7.38. The van der Waals surface area contributed by atoms with Crippen LogP contribution in [0, 0.1) is 11.3 Å². The number of carbonyl (C=O) groups excluding carboxylic acids is 1. The van der Waals surface area contributed by atoms with Gasteiger partial charge in [0.15, 0.2) is 5.78 Å². The van der Waals surface area contributed by atoms with Crippen molar-refractivity contribution >= 4 is 27.8 Å². The lowest BCUT2D eigenvalue weighted by Gasteiger charge is -2.38. The van der Waals surface area contributed by atoms with Crippen LogP contribution < -0.4 is 10.6 Å². The van der Waals surface area contributed by atoms with E-state index in [1.807, 2.05) is 0 Å². The standard InChI is InChI=1S/C15H19N3O2S/c1-2-12(20)14-13(17)11(7-16)15(21-14)18-8-3-4-9(18)6-10(19)5-8/h8-10,19H,2-6,17H2,1H3. The first kappa shape index (κ1) is 14.4. The van der Waals surface area contributed by atoms with E-state index in [1.54, 1.807) is 6.92 Å². The van der Waals surface area contributed by atoms with Gasteiger partial charge in [-0.1, -0.05) is 6.92 Å². The maximum atomic E-state index is 12.0. The summed E-state index contributed by atoms with van der Waals surface area (Å²) in [6.07, 6.45) is 3.66. The van der Waals surface area contributed by atoms with E-state index in [9.17, 15) is 15.2 Å². The lowest BCUT2D eigenvalue weighted by molar-refractivity contribution is 0.0992. The predicted octanol–water partition coefficient (Wildman–Crippen LogP) is 2.29. The first-order chi connectivity index (χ1) is 10.1. The van der Waals surface area contributed by atoms with E-state index in [-0.39, 0.29) is 24.0 Å². The van der Waals surface area contributed by atoms with Gasteiger partial charge in [0.2, 0.25) is 0 Å². The summed E-state index contributed by atoms with van der Waals surface area (Å²) in [6.45, 7) is 1.80. The average molecular weight is 305 g/mol. The second kappa shape index (κ2) is 5.32. The second-order valence-electron chi connectivity index (χ2n) is 5.83. The van der Waals surface area contributed by atoms with Crippen molar-refractivity contribution in [2.24, 2.45) is 0 Å². The van der Waals surface area contributed by atoms with Gasteiger partial charge in [-0.15, -0.1) is 11.3 Å². The molecular weight excluding hydrogens is 286 g/mol. The molecule has 6 heteroatoms. The molecule has 2 fully saturated rings. The first-order valence-corrected chi connectivity index (χ1v) is 8.20. The lowest BCUT2D eigenvalue weighted by atomic mass is 10.00. The van der Waals surface area contributed by atoms with Crippen molar-refractivity contribution in [1.82, 2.24) is 0 Å². The minimum absolute atomic E-state index is 0.00959. The highest BCUT2D eigenvalue weighted by Crippen LogP contribution is 2.46. The van der Waals surface area contributed by atoms with Gasteiger partial charge in [0.1, 0.15) is 16.6 Å². The van der Waals surface area contributed by atoms with E-state index in [1.165, 1.54) is 11.3 Å². The van der Waals surface area contributed by atoms with Crippen molar-refractivity contribution in [3.63, 3.8) is 0 Å². The Kier molecular flexibility index (Phi) is 3.64. The van der Waals surface area contributed by atoms with Gasteiger partial charge in [-0.2, -0.15) is 5.26 Å². The number of ketones is 1. The Labute approximate surface area is 128 Å². The van der Waals surface area contributed by atoms with Crippen molar-refractivity contribution in [2.75, 3.05) is 10.6 Å². The van der Waals surface area contributed by atoms with E-state index in [0.29, 0.717) is 22.5 Å². The number of nitrogens with zero attached hydrogens (tertiary/aromatic N) is 2. The van der Waals surface area contributed by atoms with Crippen LogP contribution in [0.15, 0.2) is 0 Å². The number of Topliss-reactive ketones (excluding diaryl/α,β-unsaturated/α-hetero) is 1. The van der Waals surface area contributed by atoms with Crippen LogP contribution >= 0.6 is 11.3 Å². The highest BCUT2D eigenvalue weighted by molar-refractivity contribution is 7.19. The normalized spacial score (nSPS) is 27.7. The van der Waals surface area contributed by atoms with Gasteiger partial charge in [-0.25, -0.2) is 0 Å². The number of aliphatic hydroxyl groups is 1. The fourth-order valence-corrected chi connectivity index (χ4v) is 4.89. The summed E-state index contributed by atoms with van der Waals surface area (Å²) >= 11 is 1.35. The SMILES string of the molecule is CCC(=O)c1sc(N2C3CCC2CC(O)C3)c(C#N)c1N. The molecule has 0 amide bonds. The number of fused-ring (bicyclic) bond motifs is 2. The molecule has 21 heavy (non-hydrogen) atoms. The molecule has 2 saturated heterocycles. The van der Waals surface area contributed by atoms with Crippen LogP contribution in [-0.2, 0) is 0 Å². The van der Waals surface area contributed by atoms with E-state index in [0.717, 1.165) is 30.7 Å². The molecule has 2 unspecified atom stereocenters. The largest absolute Gasteiger partial charge is 0.396 e. The van der Waals surface area contributed by atoms with Crippen molar-refractivity contribution < 1.29 is 9.90 Å². The molecule has 1 aromatic heterocycles. The highest BCUT2D eigenvalue weighted by Gasteiger charge is 2.42. The number of hydrogen-bond acceptors (Lipinski definition) is 6. The summed E-state index contributed by atoms with van der Waals surface area (Å²) in [7, 11) is 0. The summed E-state index contributed by atoms with van der Waals surface area (Å²) in [5.41, 5.74) is 6.79. The third-order valence-corrected chi connectivity index (χ3v) is 5.82. The number of carbonyl (C=O) groups is 1. The van der Waals surface area contributed by atoms with E-state index < -0.39 is 0 Å². The molecule has 0 aliphatic carbocycles. The minimum atomic E-state index is -0.252. The fraction of sp³-hybridized carbons (Fsp3) is 0.600. The third kappa shape index (κ3) is 2.21. The van der Waals surface area contributed by atoms with Gasteiger partial charge in [0, 0.05) is 18.5 Å². The second-order valence-corrected chi connectivity index (χ2v) is 6.83. The molecular formula is C15H19N3O2S. The van der Waals surface area contributed by atoms with E-state index in [4.69, 9.17) is 5.73 Å². The molecule has 0 radical (unpaired) electrons. The van der Waals surface area contributed by atoms with E-state index >= 15 is 0 Å². The zero-order valence-corrected chi connectivity index (χ0v) is 12.8. The smallest absolute Gasteiger partial charge is 0.174 e. The number of nitrogen functional groups attached to an aromatic ring is 1. The van der Waals surface area contributed by atoms with Crippen LogP contribution in [0.25, 0.3) is 0 Å². The van der Waals surface area contributed by atoms with Crippen LogP contribution in [0.1, 0.15) is 54.3 Å². The number of thiophene rings is 1. The number of aliphatic hydroxyl groups excluding tert-OH is 1. The summed E-state index contributed by atoms with van der Waals surface area (Å²) < 4.78 is 0. The summed E-state index contributed by atoms with van der Waals surface area (Å²) in [4.78, 5) is 14.7. The Morgan fingerprint density at radius 2 is 2.10 bits per heavy atom. The topological polar surface area (TPSA) is 90.4 Å². The summed E-state index contributed by atoms with van der Waals surface area (Å²) in [5.74, 6) is -0.00959. The van der Waals surface area contributed by atoms with Crippen molar-refractivity contribution in [2.45, 2.75) is 57.2 Å². The molecule has 2 aliphatic heterocycles. The Morgan fingerprint density at radius 3 is 2.62 bits per heavy atom. The number of nitriles is 1. The predicted molar refractivity (Wildman–Crippen MR) is 82.6 cm³/mol. The molecule has 3 heterocycles. The van der Waals surface area contributed by atoms with Crippen LogP contribution in [0.2, 0.25) is 0 Å². The van der Waals surface area contributed by atoms with Gasteiger partial charge >= 0.3 is 0 Å². The van der Waals surface area contributed by atoms with Crippen molar-refractivity contribution in [1.29, 1.82) is 5.26 Å². The molecule has 1 aromatic rings. The summed E-state index contributed by atoms with van der Waals surface area (Å²) in [6, 6.07) is 2.69. The quantitative estimate of drug-likeness (QED) is 0.836. The Balaban J connectivity index is 2.03. The van der Waals surface area contributed by atoms with Crippen LogP contribution in [0.4, 0.5) is 10.7 Å². The maximum absolute atomic E-state index is 12.0. The van der Waals surface area contributed by atoms with Crippen molar-refractivity contribution in [3.8, 4) is 6.07 Å². The average Bonchev–Trinajstić information content (AvgIpc) is 2.92. The molecule has 2 atom stereocenters. The molecule has 0 spiro atoms. The molecule has 0 saturated carbocycles. The Morgan fingerprint density at radius 1 is 1.48 bits per heavy atom. The van der Waals surface area contributed by atoms with Crippen LogP contribution in [0.3, 0.4) is 0 Å². The highest BCUT2D eigenvalue weighted by atomic mass is 32.1.